The summed E-state index contributed by atoms with van der Waals surface area (Å²) in [5.74, 6) is -1.69. The van der Waals surface area contributed by atoms with Crippen molar-refractivity contribution in [3.8, 4) is 0 Å². The average molecular weight is 373 g/mol. The van der Waals surface area contributed by atoms with E-state index in [1.807, 2.05) is 4.90 Å². The Labute approximate surface area is 152 Å². The largest absolute Gasteiger partial charge is 0.463 e. The Kier molecular flexibility index (Phi) is 7.36. The molecule has 0 aromatic carbocycles. The van der Waals surface area contributed by atoms with Crippen molar-refractivity contribution in [3.63, 3.8) is 0 Å². The van der Waals surface area contributed by atoms with Crippen molar-refractivity contribution in [1.82, 2.24) is 4.90 Å². The normalized spacial score (nSPS) is 32.5. The molecular weight excluding hydrogens is 346 g/mol. The van der Waals surface area contributed by atoms with Crippen LogP contribution in [0.4, 0.5) is 0 Å². The summed E-state index contributed by atoms with van der Waals surface area (Å²) < 4.78 is 21.5. The molecule has 26 heavy (non-hydrogen) atoms. The lowest BCUT2D eigenvalue weighted by molar-refractivity contribution is -0.276. The number of aliphatic hydroxyl groups is 1. The van der Waals surface area contributed by atoms with Gasteiger partial charge in [-0.3, -0.25) is 19.3 Å². The van der Waals surface area contributed by atoms with Gasteiger partial charge in [0.15, 0.2) is 18.4 Å². The van der Waals surface area contributed by atoms with Gasteiger partial charge in [0.1, 0.15) is 18.8 Å². The summed E-state index contributed by atoms with van der Waals surface area (Å²) in [7, 11) is 0. The van der Waals surface area contributed by atoms with Gasteiger partial charge in [0.05, 0.1) is 0 Å². The molecule has 0 radical (unpaired) electrons. The SMILES string of the molecule is CC(=O)OC[C@H]1O[C@@H](N2CCCCC2)[C@H](OC(C)=O)[C@@H](OC(C)=O)[C@@H]1O. The Morgan fingerprint density at radius 1 is 0.962 bits per heavy atom. The second-order valence-corrected chi connectivity index (χ2v) is 6.60. The first kappa shape index (κ1) is 20.6. The first-order valence-electron chi connectivity index (χ1n) is 8.85. The third-order valence-corrected chi connectivity index (χ3v) is 4.44. The van der Waals surface area contributed by atoms with Crippen LogP contribution in [-0.4, -0.2) is 78.3 Å². The Bertz CT molecular complexity index is 519. The Morgan fingerprint density at radius 2 is 1.54 bits per heavy atom. The second-order valence-electron chi connectivity index (χ2n) is 6.60. The summed E-state index contributed by atoms with van der Waals surface area (Å²) in [4.78, 5) is 36.2. The number of esters is 3. The number of likely N-dealkylation sites (tertiary alicyclic amines) is 1. The van der Waals surface area contributed by atoms with Crippen LogP contribution >= 0.6 is 0 Å². The Morgan fingerprint density at radius 3 is 2.08 bits per heavy atom. The molecule has 9 heteroatoms. The number of aliphatic hydroxyl groups excluding tert-OH is 1. The minimum absolute atomic E-state index is 0.189. The molecule has 0 aromatic heterocycles. The van der Waals surface area contributed by atoms with E-state index in [1.54, 1.807) is 0 Å². The molecule has 0 unspecified atom stereocenters. The maximum atomic E-state index is 11.6. The van der Waals surface area contributed by atoms with Gasteiger partial charge in [-0.1, -0.05) is 6.42 Å². The van der Waals surface area contributed by atoms with Gasteiger partial charge in [0.2, 0.25) is 0 Å². The molecule has 5 atom stereocenters. The molecule has 9 nitrogen and oxygen atoms in total. The number of nitrogens with zero attached hydrogens (tertiary/aromatic N) is 1. The van der Waals surface area contributed by atoms with Gasteiger partial charge >= 0.3 is 17.9 Å². The number of hydrogen-bond acceptors (Lipinski definition) is 9. The number of rotatable bonds is 5. The van der Waals surface area contributed by atoms with E-state index >= 15 is 0 Å². The van der Waals surface area contributed by atoms with E-state index in [2.05, 4.69) is 0 Å². The Hall–Kier alpha value is -1.71. The van der Waals surface area contributed by atoms with E-state index in [9.17, 15) is 19.5 Å². The molecule has 0 amide bonds. The molecule has 0 aromatic rings. The third kappa shape index (κ3) is 5.39. The monoisotopic (exact) mass is 373 g/mol. The fourth-order valence-corrected chi connectivity index (χ4v) is 3.35. The van der Waals surface area contributed by atoms with Crippen molar-refractivity contribution < 1.29 is 38.4 Å². The van der Waals surface area contributed by atoms with Crippen LogP contribution in [0.1, 0.15) is 40.0 Å². The highest BCUT2D eigenvalue weighted by atomic mass is 16.6. The molecule has 2 aliphatic rings. The van der Waals surface area contributed by atoms with E-state index in [1.165, 1.54) is 20.8 Å². The fraction of sp³-hybridized carbons (Fsp3) is 0.824. The smallest absolute Gasteiger partial charge is 0.303 e. The molecule has 0 saturated carbocycles. The first-order valence-corrected chi connectivity index (χ1v) is 8.85. The summed E-state index contributed by atoms with van der Waals surface area (Å²) in [6.45, 7) is 4.98. The summed E-state index contributed by atoms with van der Waals surface area (Å²) in [6.07, 6.45) is -1.98. The first-order chi connectivity index (χ1) is 12.3. The van der Waals surface area contributed by atoms with Crippen molar-refractivity contribution in [1.29, 1.82) is 0 Å². The number of ether oxygens (including phenoxy) is 4. The minimum Gasteiger partial charge on any atom is -0.463 e. The fourth-order valence-electron chi connectivity index (χ4n) is 3.35. The van der Waals surface area contributed by atoms with Crippen LogP contribution in [0.2, 0.25) is 0 Å². The lowest BCUT2D eigenvalue weighted by Gasteiger charge is -2.47. The van der Waals surface area contributed by atoms with Crippen LogP contribution in [-0.2, 0) is 33.3 Å². The maximum Gasteiger partial charge on any atom is 0.303 e. The zero-order chi connectivity index (χ0) is 19.3. The molecule has 0 aliphatic carbocycles. The van der Waals surface area contributed by atoms with E-state index in [0.717, 1.165) is 32.4 Å². The highest BCUT2D eigenvalue weighted by molar-refractivity contribution is 5.67. The molecule has 0 bridgehead atoms. The lowest BCUT2D eigenvalue weighted by atomic mass is 9.96. The Balaban J connectivity index is 2.27. The second kappa shape index (κ2) is 9.29. The van der Waals surface area contributed by atoms with Crippen LogP contribution in [0.3, 0.4) is 0 Å². The van der Waals surface area contributed by atoms with Crippen LogP contribution in [0.5, 0.6) is 0 Å². The van der Waals surface area contributed by atoms with Gasteiger partial charge in [0, 0.05) is 33.9 Å². The van der Waals surface area contributed by atoms with Gasteiger partial charge < -0.3 is 24.1 Å². The predicted octanol–water partition coefficient (Wildman–Crippen LogP) is -0.0154. The van der Waals surface area contributed by atoms with Crippen molar-refractivity contribution in [2.75, 3.05) is 19.7 Å². The molecule has 2 rings (SSSR count). The van der Waals surface area contributed by atoms with Gasteiger partial charge in [-0.2, -0.15) is 0 Å². The zero-order valence-corrected chi connectivity index (χ0v) is 15.4. The van der Waals surface area contributed by atoms with E-state index in [0.29, 0.717) is 0 Å². The van der Waals surface area contributed by atoms with Crippen LogP contribution in [0.25, 0.3) is 0 Å². The quantitative estimate of drug-likeness (QED) is 0.525. The molecule has 2 aliphatic heterocycles. The number of carbonyl (C=O) groups is 3. The minimum atomic E-state index is -1.30. The van der Waals surface area contributed by atoms with Gasteiger partial charge in [0.25, 0.3) is 0 Å². The summed E-state index contributed by atoms with van der Waals surface area (Å²) in [5.41, 5.74) is 0. The lowest BCUT2D eigenvalue weighted by Crippen LogP contribution is -2.65. The molecule has 1 N–H and O–H groups in total. The van der Waals surface area contributed by atoms with Crippen molar-refractivity contribution >= 4 is 17.9 Å². The standard InChI is InChI=1S/C17H27NO8/c1-10(19)23-9-13-14(22)15(24-11(2)20)16(25-12(3)21)17(26-13)18-7-5-4-6-8-18/h13-17,22H,4-9H2,1-3H3/t13-,14-,15+,16-,17-/m1/s1. The van der Waals surface area contributed by atoms with E-state index in [4.69, 9.17) is 18.9 Å². The summed E-state index contributed by atoms with van der Waals surface area (Å²) in [6, 6.07) is 0. The molecule has 0 spiro atoms. The number of carbonyl (C=O) groups excluding carboxylic acids is 3. The van der Waals surface area contributed by atoms with Gasteiger partial charge in [-0.05, 0) is 12.8 Å². The molecule has 2 heterocycles. The molecule has 148 valence electrons. The van der Waals surface area contributed by atoms with Crippen LogP contribution < -0.4 is 0 Å². The average Bonchev–Trinajstić information content (AvgIpc) is 2.57. The molecule has 2 saturated heterocycles. The van der Waals surface area contributed by atoms with E-state index in [-0.39, 0.29) is 6.61 Å². The zero-order valence-electron chi connectivity index (χ0n) is 15.4. The third-order valence-electron chi connectivity index (χ3n) is 4.44. The van der Waals surface area contributed by atoms with Gasteiger partial charge in [-0.15, -0.1) is 0 Å². The molecular formula is C17H27NO8. The number of hydrogen-bond donors (Lipinski definition) is 1. The van der Waals surface area contributed by atoms with Crippen molar-refractivity contribution in [2.45, 2.75) is 70.7 Å². The van der Waals surface area contributed by atoms with Crippen LogP contribution in [0, 0.1) is 0 Å². The van der Waals surface area contributed by atoms with Gasteiger partial charge in [-0.25, -0.2) is 0 Å². The highest BCUT2D eigenvalue weighted by Gasteiger charge is 2.51. The van der Waals surface area contributed by atoms with Crippen molar-refractivity contribution in [3.05, 3.63) is 0 Å². The molecule has 2 fully saturated rings. The predicted molar refractivity (Wildman–Crippen MR) is 87.8 cm³/mol. The highest BCUT2D eigenvalue weighted by Crippen LogP contribution is 2.30. The van der Waals surface area contributed by atoms with Crippen molar-refractivity contribution in [2.24, 2.45) is 0 Å². The topological polar surface area (TPSA) is 112 Å². The van der Waals surface area contributed by atoms with Crippen LogP contribution in [0.15, 0.2) is 0 Å². The maximum absolute atomic E-state index is 11.6. The number of piperidine rings is 1. The summed E-state index contributed by atoms with van der Waals surface area (Å²) >= 11 is 0. The van der Waals surface area contributed by atoms with E-state index < -0.39 is 48.6 Å². The summed E-state index contributed by atoms with van der Waals surface area (Å²) in [5, 5.41) is 10.6.